The van der Waals surface area contributed by atoms with E-state index in [-0.39, 0.29) is 12.3 Å². The Balaban J connectivity index is 3.20. The first kappa shape index (κ1) is 23.0. The molecular weight excluding hydrogens is 380 g/mol. The summed E-state index contributed by atoms with van der Waals surface area (Å²) in [5.74, 6) is -3.48. The Kier molecular flexibility index (Phi) is 7.44. The number of ether oxygens (including phenoxy) is 1. The number of nitrogens with one attached hydrogen (secondary N) is 1. The number of hydrogen-bond acceptors (Lipinski definition) is 4. The van der Waals surface area contributed by atoms with E-state index in [1.807, 2.05) is 0 Å². The van der Waals surface area contributed by atoms with Crippen molar-refractivity contribution >= 4 is 21.9 Å². The third-order valence-corrected chi connectivity index (χ3v) is 4.56. The molecule has 1 rings (SSSR count). The fourth-order valence-electron chi connectivity index (χ4n) is 2.15. The molecule has 0 saturated heterocycles. The summed E-state index contributed by atoms with van der Waals surface area (Å²) in [5.41, 5.74) is -0.801. The highest BCUT2D eigenvalue weighted by atomic mass is 32.2. The average molecular weight is 405 g/mol. The monoisotopic (exact) mass is 405 g/mol. The van der Waals surface area contributed by atoms with Gasteiger partial charge in [0.1, 0.15) is 38.1 Å². The molecule has 0 heterocycles. The third-order valence-electron chi connectivity index (χ3n) is 3.13. The maximum absolute atomic E-state index is 13.8. The Morgan fingerprint density at radius 2 is 1.78 bits per heavy atom. The number of amides is 2. The minimum absolute atomic E-state index is 0.0527. The summed E-state index contributed by atoms with van der Waals surface area (Å²) >= 11 is 0. The van der Waals surface area contributed by atoms with Crippen LogP contribution in [0.25, 0.3) is 0 Å². The van der Waals surface area contributed by atoms with Crippen molar-refractivity contribution in [3.63, 3.8) is 0 Å². The van der Waals surface area contributed by atoms with Crippen molar-refractivity contribution in [2.45, 2.75) is 57.6 Å². The number of nitrogens with zero attached hydrogens (tertiary/aromatic N) is 1. The molecule has 2 atom stereocenters. The van der Waals surface area contributed by atoms with Crippen LogP contribution in [0.15, 0.2) is 27.5 Å². The molecule has 3 N–H and O–H groups in total. The quantitative estimate of drug-likeness (QED) is 0.784. The highest BCUT2D eigenvalue weighted by molar-refractivity contribution is 7.91. The molecule has 0 bridgehead atoms. The van der Waals surface area contributed by atoms with Crippen molar-refractivity contribution in [1.82, 2.24) is 5.32 Å². The zero-order valence-corrected chi connectivity index (χ0v) is 16.7. The van der Waals surface area contributed by atoms with Crippen molar-refractivity contribution in [3.05, 3.63) is 29.8 Å². The molecule has 0 aliphatic rings. The van der Waals surface area contributed by atoms with E-state index < -0.39 is 50.1 Å². The summed E-state index contributed by atoms with van der Waals surface area (Å²) in [4.78, 5) is 23.4. The van der Waals surface area contributed by atoms with Gasteiger partial charge in [0.05, 0.1) is 0 Å². The van der Waals surface area contributed by atoms with Crippen LogP contribution in [0.2, 0.25) is 0 Å². The van der Waals surface area contributed by atoms with Crippen LogP contribution in [-0.2, 0) is 19.4 Å². The molecule has 1 aromatic rings. The minimum atomic E-state index is -4.19. The maximum atomic E-state index is 13.8. The molecule has 1 aromatic carbocycles. The summed E-state index contributed by atoms with van der Waals surface area (Å²) in [5, 5.41) is 7.79. The minimum Gasteiger partial charge on any atom is -0.444 e. The number of nitrogens with two attached hydrogens (primary N) is 1. The molecule has 0 saturated carbocycles. The summed E-state index contributed by atoms with van der Waals surface area (Å²) in [7, 11) is -4.19. The van der Waals surface area contributed by atoms with Gasteiger partial charge in [0, 0.05) is 0 Å². The number of carbonyl (C=O) groups is 2. The topological polar surface area (TPSA) is 111 Å². The van der Waals surface area contributed by atoms with Gasteiger partial charge in [-0.25, -0.2) is 22.9 Å². The van der Waals surface area contributed by atoms with Crippen LogP contribution >= 0.6 is 0 Å². The van der Waals surface area contributed by atoms with Gasteiger partial charge >= 0.3 is 6.09 Å². The Hall–Kier alpha value is -2.07. The Morgan fingerprint density at radius 3 is 2.22 bits per heavy atom. The van der Waals surface area contributed by atoms with E-state index in [4.69, 9.17) is 9.88 Å². The van der Waals surface area contributed by atoms with Crippen molar-refractivity contribution in [2.75, 3.05) is 0 Å². The lowest BCUT2D eigenvalue weighted by Crippen LogP contribution is -2.44. The van der Waals surface area contributed by atoms with Crippen LogP contribution in [0.1, 0.15) is 41.0 Å². The predicted molar refractivity (Wildman–Crippen MR) is 97.0 cm³/mol. The fourth-order valence-corrected chi connectivity index (χ4v) is 3.33. The molecule has 10 heteroatoms. The van der Waals surface area contributed by atoms with Crippen LogP contribution < -0.4 is 10.5 Å². The zero-order valence-electron chi connectivity index (χ0n) is 15.9. The Labute approximate surface area is 158 Å². The highest BCUT2D eigenvalue weighted by Gasteiger charge is 2.27. The maximum Gasteiger partial charge on any atom is 0.408 e. The molecule has 0 radical (unpaired) electrons. The molecule has 0 aliphatic carbocycles. The van der Waals surface area contributed by atoms with E-state index >= 15 is 0 Å². The van der Waals surface area contributed by atoms with Gasteiger partial charge in [-0.2, -0.15) is 0 Å². The standard InChI is InChI=1S/C17H25F2N3O4S/c1-10(2)9-13(21-16(24)26-17(3,4)5)15(23)22-27(20,25)14-11(18)7-6-8-12(14)19/h6-8,10,13H,9H2,1-5H3,(H,21,24)(H2,20,22,23,25)/t13-,27?/m0/s1. The second-order valence-electron chi connectivity index (χ2n) is 7.38. The predicted octanol–water partition coefficient (Wildman–Crippen LogP) is 3.13. The van der Waals surface area contributed by atoms with Crippen LogP contribution in [0.4, 0.5) is 13.6 Å². The van der Waals surface area contributed by atoms with Gasteiger partial charge in [-0.05, 0) is 45.2 Å². The van der Waals surface area contributed by atoms with E-state index in [9.17, 15) is 22.6 Å². The molecular formula is C17H25F2N3O4S. The van der Waals surface area contributed by atoms with Gasteiger partial charge in [0.15, 0.2) is 0 Å². The average Bonchev–Trinajstić information content (AvgIpc) is 2.42. The van der Waals surface area contributed by atoms with Crippen molar-refractivity contribution in [1.29, 1.82) is 0 Å². The van der Waals surface area contributed by atoms with Gasteiger partial charge in [-0.1, -0.05) is 19.9 Å². The number of alkyl carbamates (subject to hydrolysis) is 1. The van der Waals surface area contributed by atoms with Gasteiger partial charge in [0.2, 0.25) is 0 Å². The summed E-state index contributed by atoms with van der Waals surface area (Å²) in [6.07, 6.45) is -0.742. The molecule has 0 spiro atoms. The number of hydrogen-bond donors (Lipinski definition) is 2. The van der Waals surface area contributed by atoms with Gasteiger partial charge in [0.25, 0.3) is 5.91 Å². The second kappa shape index (κ2) is 8.75. The second-order valence-corrected chi connectivity index (χ2v) is 9.11. The lowest BCUT2D eigenvalue weighted by atomic mass is 10.0. The first-order chi connectivity index (χ1) is 12.2. The fraction of sp³-hybridized carbons (Fsp3) is 0.529. The summed E-state index contributed by atoms with van der Waals surface area (Å²) in [6.45, 7) is 8.50. The zero-order chi connectivity index (χ0) is 21.0. The molecule has 27 heavy (non-hydrogen) atoms. The molecule has 7 nitrogen and oxygen atoms in total. The first-order valence-corrected chi connectivity index (χ1v) is 9.83. The van der Waals surface area contributed by atoms with Gasteiger partial charge in [-0.15, -0.1) is 4.36 Å². The van der Waals surface area contributed by atoms with Crippen LogP contribution in [0, 0.1) is 17.6 Å². The van der Waals surface area contributed by atoms with E-state index in [0.717, 1.165) is 18.2 Å². The van der Waals surface area contributed by atoms with Crippen molar-refractivity contribution in [2.24, 2.45) is 15.4 Å². The number of halogens is 2. The Bertz CT molecular complexity index is 808. The number of carbonyl (C=O) groups excluding carboxylic acids is 2. The van der Waals surface area contributed by atoms with Crippen LogP contribution in [-0.4, -0.2) is 27.9 Å². The molecule has 1 unspecified atom stereocenters. The van der Waals surface area contributed by atoms with Gasteiger partial charge in [-0.3, -0.25) is 4.79 Å². The summed E-state index contributed by atoms with van der Waals surface area (Å²) < 4.78 is 48.6. The van der Waals surface area contributed by atoms with Gasteiger partial charge < -0.3 is 10.1 Å². The number of benzene rings is 1. The van der Waals surface area contributed by atoms with Crippen molar-refractivity contribution in [3.8, 4) is 0 Å². The van der Waals surface area contributed by atoms with E-state index in [1.165, 1.54) is 0 Å². The molecule has 152 valence electrons. The van der Waals surface area contributed by atoms with E-state index in [2.05, 4.69) is 9.68 Å². The third kappa shape index (κ3) is 7.22. The SMILES string of the molecule is CC(C)C[C@H](NC(=O)OC(C)(C)C)C(=O)N=S(N)(=O)c1c(F)cccc1F. The smallest absolute Gasteiger partial charge is 0.408 e. The molecule has 0 aliphatic heterocycles. The summed E-state index contributed by atoms with van der Waals surface area (Å²) in [6, 6.07) is 1.57. The first-order valence-electron chi connectivity index (χ1n) is 8.25. The number of rotatable bonds is 5. The molecule has 2 amide bonds. The highest BCUT2D eigenvalue weighted by Crippen LogP contribution is 2.19. The largest absolute Gasteiger partial charge is 0.444 e. The van der Waals surface area contributed by atoms with E-state index in [0.29, 0.717) is 0 Å². The normalized spacial score (nSPS) is 15.0. The molecule has 0 fully saturated rings. The van der Waals surface area contributed by atoms with Crippen molar-refractivity contribution < 1.29 is 27.3 Å². The van der Waals surface area contributed by atoms with E-state index in [1.54, 1.807) is 34.6 Å². The lowest BCUT2D eigenvalue weighted by molar-refractivity contribution is -0.120. The van der Waals surface area contributed by atoms with Crippen LogP contribution in [0.3, 0.4) is 0 Å². The molecule has 0 aromatic heterocycles. The lowest BCUT2D eigenvalue weighted by Gasteiger charge is -2.23. The van der Waals surface area contributed by atoms with Crippen LogP contribution in [0.5, 0.6) is 0 Å². The Morgan fingerprint density at radius 1 is 1.26 bits per heavy atom.